The first kappa shape index (κ1) is 9.95. The molecule has 5 heteroatoms. The summed E-state index contributed by atoms with van der Waals surface area (Å²) in [6.45, 7) is 1.78. The van der Waals surface area contributed by atoms with Crippen LogP contribution in [0, 0.1) is 5.41 Å². The molecule has 0 aromatic heterocycles. The normalized spacial score (nSPS) is 40.1. The molecule has 1 aliphatic rings. The summed E-state index contributed by atoms with van der Waals surface area (Å²) < 4.78 is 22.7. The van der Waals surface area contributed by atoms with Crippen molar-refractivity contribution in [1.29, 1.82) is 0 Å². The summed E-state index contributed by atoms with van der Waals surface area (Å²) in [5.74, 6) is 0.0359. The first-order valence-corrected chi connectivity index (χ1v) is 5.70. The smallest absolute Gasteiger partial charge is 0.153 e. The Balaban J connectivity index is 2.90. The fourth-order valence-electron chi connectivity index (χ4n) is 1.68. The molecule has 0 bridgehead atoms. The highest BCUT2D eigenvalue weighted by atomic mass is 32.2. The van der Waals surface area contributed by atoms with Crippen LogP contribution in [0.4, 0.5) is 0 Å². The lowest BCUT2D eigenvalue weighted by Gasteiger charge is -2.22. The van der Waals surface area contributed by atoms with E-state index in [1.165, 1.54) is 0 Å². The number of hydrogen-bond acceptors (Lipinski definition) is 4. The molecule has 0 amide bonds. The first-order valence-electron chi connectivity index (χ1n) is 3.98. The number of rotatable bonds is 2. The second-order valence-corrected chi connectivity index (χ2v) is 6.10. The molecule has 1 heterocycles. The van der Waals surface area contributed by atoms with E-state index >= 15 is 0 Å². The van der Waals surface area contributed by atoms with Gasteiger partial charge in [0.05, 0.1) is 17.6 Å². The van der Waals surface area contributed by atoms with Crippen LogP contribution < -0.4 is 5.73 Å². The second-order valence-electron chi connectivity index (χ2n) is 3.68. The summed E-state index contributed by atoms with van der Waals surface area (Å²) in [7, 11) is -3.00. The Morgan fingerprint density at radius 2 is 2.25 bits per heavy atom. The van der Waals surface area contributed by atoms with Crippen molar-refractivity contribution in [2.75, 3.05) is 18.9 Å². The molecule has 1 saturated heterocycles. The van der Waals surface area contributed by atoms with Gasteiger partial charge in [0.15, 0.2) is 9.84 Å². The van der Waals surface area contributed by atoms with Crippen LogP contribution in [0.3, 0.4) is 0 Å². The maximum atomic E-state index is 11.3. The van der Waals surface area contributed by atoms with E-state index in [2.05, 4.69) is 0 Å². The highest BCUT2D eigenvalue weighted by molar-refractivity contribution is 7.92. The van der Waals surface area contributed by atoms with Crippen molar-refractivity contribution < 1.29 is 13.5 Å². The van der Waals surface area contributed by atoms with Gasteiger partial charge in [0, 0.05) is 12.0 Å². The SMILES string of the molecule is CC1CC(CN)(CO)CS1(=O)=O. The molecular formula is C7H15NO3S. The van der Waals surface area contributed by atoms with Gasteiger partial charge in [-0.25, -0.2) is 8.42 Å². The van der Waals surface area contributed by atoms with Crippen LogP contribution in [0.5, 0.6) is 0 Å². The Kier molecular flexibility index (Phi) is 2.47. The maximum absolute atomic E-state index is 11.3. The Morgan fingerprint density at radius 1 is 1.67 bits per heavy atom. The minimum absolute atomic E-state index is 0.0359. The molecule has 1 fully saturated rings. The zero-order valence-electron chi connectivity index (χ0n) is 7.16. The number of aliphatic hydroxyl groups excluding tert-OH is 1. The van der Waals surface area contributed by atoms with Gasteiger partial charge in [-0.15, -0.1) is 0 Å². The van der Waals surface area contributed by atoms with Gasteiger partial charge < -0.3 is 10.8 Å². The maximum Gasteiger partial charge on any atom is 0.153 e. The Bertz CT molecular complexity index is 256. The molecule has 0 radical (unpaired) electrons. The fraction of sp³-hybridized carbons (Fsp3) is 1.00. The summed E-state index contributed by atoms with van der Waals surface area (Å²) in [5.41, 5.74) is 4.87. The molecule has 0 aliphatic carbocycles. The second kappa shape index (κ2) is 2.97. The Labute approximate surface area is 72.7 Å². The molecular weight excluding hydrogens is 178 g/mol. The summed E-state index contributed by atoms with van der Waals surface area (Å²) in [6, 6.07) is 0. The minimum atomic E-state index is -3.00. The number of hydrogen-bond donors (Lipinski definition) is 2. The van der Waals surface area contributed by atoms with Crippen molar-refractivity contribution in [3.8, 4) is 0 Å². The molecule has 0 saturated carbocycles. The lowest BCUT2D eigenvalue weighted by Crippen LogP contribution is -2.35. The highest BCUT2D eigenvalue weighted by Crippen LogP contribution is 2.35. The van der Waals surface area contributed by atoms with Gasteiger partial charge in [-0.1, -0.05) is 0 Å². The summed E-state index contributed by atoms with van der Waals surface area (Å²) >= 11 is 0. The average Bonchev–Trinajstić information content (AvgIpc) is 2.24. The van der Waals surface area contributed by atoms with Gasteiger partial charge in [-0.2, -0.15) is 0 Å². The van der Waals surface area contributed by atoms with E-state index in [1.807, 2.05) is 0 Å². The van der Waals surface area contributed by atoms with E-state index in [9.17, 15) is 8.42 Å². The van der Waals surface area contributed by atoms with Gasteiger partial charge in [-0.3, -0.25) is 0 Å². The number of aliphatic hydroxyl groups is 1. The molecule has 0 spiro atoms. The lowest BCUT2D eigenvalue weighted by molar-refractivity contribution is 0.151. The van der Waals surface area contributed by atoms with E-state index < -0.39 is 15.3 Å². The third-order valence-corrected chi connectivity index (χ3v) is 5.02. The Morgan fingerprint density at radius 3 is 2.42 bits per heavy atom. The molecule has 0 aromatic rings. The quantitative estimate of drug-likeness (QED) is 0.597. The van der Waals surface area contributed by atoms with E-state index in [0.717, 1.165) is 0 Å². The zero-order chi connectivity index (χ0) is 9.41. The predicted molar refractivity (Wildman–Crippen MR) is 46.4 cm³/mol. The van der Waals surface area contributed by atoms with E-state index in [4.69, 9.17) is 10.8 Å². The van der Waals surface area contributed by atoms with Crippen molar-refractivity contribution in [1.82, 2.24) is 0 Å². The van der Waals surface area contributed by atoms with Crippen molar-refractivity contribution >= 4 is 9.84 Å². The van der Waals surface area contributed by atoms with Crippen molar-refractivity contribution in [2.45, 2.75) is 18.6 Å². The average molecular weight is 193 g/mol. The predicted octanol–water partition coefficient (Wildman–Crippen LogP) is -0.869. The molecule has 72 valence electrons. The third kappa shape index (κ3) is 1.48. The number of nitrogens with two attached hydrogens (primary N) is 1. The van der Waals surface area contributed by atoms with E-state index in [1.54, 1.807) is 6.92 Å². The standard InChI is InChI=1S/C7H15NO3S/c1-6-2-7(3-8,4-9)5-12(6,10)11/h6,9H,2-5,8H2,1H3. The molecule has 1 aliphatic heterocycles. The van der Waals surface area contributed by atoms with Crippen LogP contribution in [0.1, 0.15) is 13.3 Å². The first-order chi connectivity index (χ1) is 5.46. The highest BCUT2D eigenvalue weighted by Gasteiger charge is 2.45. The molecule has 2 atom stereocenters. The molecule has 1 rings (SSSR count). The lowest BCUT2D eigenvalue weighted by atomic mass is 9.87. The van der Waals surface area contributed by atoms with Crippen LogP contribution in [0.2, 0.25) is 0 Å². The van der Waals surface area contributed by atoms with Gasteiger partial charge in [0.25, 0.3) is 0 Å². The summed E-state index contributed by atoms with van der Waals surface area (Å²) in [4.78, 5) is 0. The van der Waals surface area contributed by atoms with Crippen LogP contribution in [-0.4, -0.2) is 37.7 Å². The van der Waals surface area contributed by atoms with Crippen LogP contribution in [0.15, 0.2) is 0 Å². The Hall–Kier alpha value is -0.130. The van der Waals surface area contributed by atoms with E-state index in [0.29, 0.717) is 6.42 Å². The fourth-order valence-corrected chi connectivity index (χ4v) is 3.75. The minimum Gasteiger partial charge on any atom is -0.396 e. The van der Waals surface area contributed by atoms with E-state index in [-0.39, 0.29) is 24.2 Å². The summed E-state index contributed by atoms with van der Waals surface area (Å²) in [5, 5.41) is 8.67. The van der Waals surface area contributed by atoms with Gasteiger partial charge >= 0.3 is 0 Å². The van der Waals surface area contributed by atoms with Gasteiger partial charge in [0.1, 0.15) is 0 Å². The molecule has 4 nitrogen and oxygen atoms in total. The molecule has 12 heavy (non-hydrogen) atoms. The van der Waals surface area contributed by atoms with Crippen LogP contribution in [-0.2, 0) is 9.84 Å². The topological polar surface area (TPSA) is 80.4 Å². The van der Waals surface area contributed by atoms with Crippen LogP contribution in [0.25, 0.3) is 0 Å². The van der Waals surface area contributed by atoms with Crippen molar-refractivity contribution in [3.05, 3.63) is 0 Å². The number of sulfone groups is 1. The molecule has 3 N–H and O–H groups in total. The van der Waals surface area contributed by atoms with Gasteiger partial charge in [-0.05, 0) is 13.3 Å². The zero-order valence-corrected chi connectivity index (χ0v) is 7.97. The largest absolute Gasteiger partial charge is 0.396 e. The third-order valence-electron chi connectivity index (χ3n) is 2.61. The summed E-state index contributed by atoms with van der Waals surface area (Å²) in [6.07, 6.45) is 0.488. The molecule has 0 aromatic carbocycles. The van der Waals surface area contributed by atoms with Crippen LogP contribution >= 0.6 is 0 Å². The van der Waals surface area contributed by atoms with Crippen molar-refractivity contribution in [2.24, 2.45) is 11.1 Å². The monoisotopic (exact) mass is 193 g/mol. The van der Waals surface area contributed by atoms with Crippen molar-refractivity contribution in [3.63, 3.8) is 0 Å². The van der Waals surface area contributed by atoms with Gasteiger partial charge in [0.2, 0.25) is 0 Å². The molecule has 2 unspecified atom stereocenters.